The average molecular weight is 420 g/mol. The number of benzene rings is 2. The van der Waals surface area contributed by atoms with Crippen molar-refractivity contribution in [2.45, 2.75) is 24.6 Å². The number of ether oxygens (including phenoxy) is 1. The van der Waals surface area contributed by atoms with E-state index in [1.54, 1.807) is 31.4 Å². The molecule has 0 saturated carbocycles. The SMILES string of the molecule is COc1cccc(NC2CCN(c3ccc(C4CNNC4)c(C(F)(F)F)c3)C2=O)c1. The molecule has 2 fully saturated rings. The van der Waals surface area contributed by atoms with Crippen LogP contribution >= 0.6 is 0 Å². The molecule has 2 aromatic rings. The molecule has 0 spiro atoms. The number of methoxy groups -OCH3 is 1. The van der Waals surface area contributed by atoms with Gasteiger partial charge in [-0.05, 0) is 36.2 Å². The van der Waals surface area contributed by atoms with Gasteiger partial charge in [-0.1, -0.05) is 12.1 Å². The lowest BCUT2D eigenvalue weighted by molar-refractivity contribution is -0.138. The summed E-state index contributed by atoms with van der Waals surface area (Å²) in [5.41, 5.74) is 6.27. The normalized spacial score (nSPS) is 20.1. The molecule has 0 aromatic heterocycles. The third kappa shape index (κ3) is 4.08. The Morgan fingerprint density at radius 2 is 1.90 bits per heavy atom. The summed E-state index contributed by atoms with van der Waals surface area (Å²) < 4.78 is 46.4. The number of anilines is 2. The van der Waals surface area contributed by atoms with Crippen LogP contribution in [0.25, 0.3) is 0 Å². The second kappa shape index (κ2) is 8.16. The van der Waals surface area contributed by atoms with Gasteiger partial charge >= 0.3 is 6.18 Å². The van der Waals surface area contributed by atoms with Crippen molar-refractivity contribution in [2.75, 3.05) is 37.0 Å². The molecule has 2 heterocycles. The third-order valence-electron chi connectivity index (χ3n) is 5.53. The van der Waals surface area contributed by atoms with E-state index in [0.29, 0.717) is 31.8 Å². The van der Waals surface area contributed by atoms with Gasteiger partial charge in [-0.15, -0.1) is 0 Å². The monoisotopic (exact) mass is 420 g/mol. The van der Waals surface area contributed by atoms with Crippen LogP contribution in [0.3, 0.4) is 0 Å². The van der Waals surface area contributed by atoms with Gasteiger partial charge in [-0.2, -0.15) is 13.2 Å². The van der Waals surface area contributed by atoms with Crippen molar-refractivity contribution < 1.29 is 22.7 Å². The molecule has 2 aliphatic rings. The van der Waals surface area contributed by atoms with Gasteiger partial charge in [0.15, 0.2) is 0 Å². The molecule has 30 heavy (non-hydrogen) atoms. The number of halogens is 3. The maximum Gasteiger partial charge on any atom is 0.416 e. The minimum atomic E-state index is -4.49. The van der Waals surface area contributed by atoms with Crippen LogP contribution < -0.4 is 25.8 Å². The van der Waals surface area contributed by atoms with Gasteiger partial charge in [-0.3, -0.25) is 15.6 Å². The Kier molecular flexibility index (Phi) is 5.57. The van der Waals surface area contributed by atoms with Crippen molar-refractivity contribution >= 4 is 17.3 Å². The third-order valence-corrected chi connectivity index (χ3v) is 5.53. The first-order chi connectivity index (χ1) is 14.4. The summed E-state index contributed by atoms with van der Waals surface area (Å²) in [5, 5.41) is 3.16. The highest BCUT2D eigenvalue weighted by molar-refractivity contribution is 6.01. The minimum Gasteiger partial charge on any atom is -0.497 e. The van der Waals surface area contributed by atoms with Crippen LogP contribution in [0.1, 0.15) is 23.5 Å². The fraction of sp³-hybridized carbons (Fsp3) is 0.381. The predicted octanol–water partition coefficient (Wildman–Crippen LogP) is 3.12. The smallest absolute Gasteiger partial charge is 0.416 e. The van der Waals surface area contributed by atoms with E-state index in [-0.39, 0.29) is 23.1 Å². The molecule has 1 amide bonds. The molecule has 160 valence electrons. The number of hydrogen-bond donors (Lipinski definition) is 3. The molecular weight excluding hydrogens is 397 g/mol. The van der Waals surface area contributed by atoms with E-state index in [9.17, 15) is 18.0 Å². The maximum atomic E-state index is 13.7. The van der Waals surface area contributed by atoms with Crippen LogP contribution in [0.5, 0.6) is 5.75 Å². The second-order valence-corrected chi connectivity index (χ2v) is 7.44. The van der Waals surface area contributed by atoms with Crippen LogP contribution in [0.2, 0.25) is 0 Å². The molecule has 6 nitrogen and oxygen atoms in total. The first kappa shape index (κ1) is 20.5. The number of hydrazine groups is 1. The van der Waals surface area contributed by atoms with Gasteiger partial charge in [0, 0.05) is 43.0 Å². The zero-order valence-electron chi connectivity index (χ0n) is 16.4. The topological polar surface area (TPSA) is 65.6 Å². The first-order valence-corrected chi connectivity index (χ1v) is 9.75. The van der Waals surface area contributed by atoms with E-state index >= 15 is 0 Å². The van der Waals surface area contributed by atoms with Gasteiger partial charge in [0.2, 0.25) is 5.91 Å². The molecule has 2 saturated heterocycles. The fourth-order valence-corrected chi connectivity index (χ4v) is 3.98. The van der Waals surface area contributed by atoms with Crippen molar-refractivity contribution in [1.82, 2.24) is 10.9 Å². The molecule has 1 unspecified atom stereocenters. The quantitative estimate of drug-likeness (QED) is 0.694. The van der Waals surface area contributed by atoms with Crippen molar-refractivity contribution in [3.63, 3.8) is 0 Å². The zero-order chi connectivity index (χ0) is 21.3. The molecule has 0 radical (unpaired) electrons. The van der Waals surface area contributed by atoms with Crippen molar-refractivity contribution in [2.24, 2.45) is 0 Å². The second-order valence-electron chi connectivity index (χ2n) is 7.44. The number of hydrogen-bond acceptors (Lipinski definition) is 5. The Labute approximate surface area is 172 Å². The largest absolute Gasteiger partial charge is 0.497 e. The van der Waals surface area contributed by atoms with Gasteiger partial charge < -0.3 is 15.0 Å². The molecule has 0 aliphatic carbocycles. The van der Waals surface area contributed by atoms with Crippen molar-refractivity contribution in [1.29, 1.82) is 0 Å². The van der Waals surface area contributed by atoms with E-state index in [2.05, 4.69) is 16.2 Å². The molecule has 9 heteroatoms. The van der Waals surface area contributed by atoms with Crippen LogP contribution in [-0.4, -0.2) is 38.7 Å². The average Bonchev–Trinajstić information content (AvgIpc) is 3.38. The summed E-state index contributed by atoms with van der Waals surface area (Å²) in [6.45, 7) is 1.21. The standard InChI is InChI=1S/C21H23F3N4O2/c1-30-16-4-2-3-14(9-16)27-19-7-8-28(20(19)29)15-5-6-17(13-11-25-26-12-13)18(10-15)21(22,23)24/h2-6,9-10,13,19,25-27H,7-8,11-12H2,1H3. The lowest BCUT2D eigenvalue weighted by Gasteiger charge is -2.22. The lowest BCUT2D eigenvalue weighted by atomic mass is 9.94. The van der Waals surface area contributed by atoms with Crippen molar-refractivity contribution in [3.8, 4) is 5.75 Å². The summed E-state index contributed by atoms with van der Waals surface area (Å²) in [4.78, 5) is 14.3. The lowest BCUT2D eigenvalue weighted by Crippen LogP contribution is -2.33. The molecule has 4 rings (SSSR count). The van der Waals surface area contributed by atoms with E-state index in [1.807, 2.05) is 6.07 Å². The highest BCUT2D eigenvalue weighted by atomic mass is 19.4. The predicted molar refractivity (Wildman–Crippen MR) is 108 cm³/mol. The fourth-order valence-electron chi connectivity index (χ4n) is 3.98. The summed E-state index contributed by atoms with van der Waals surface area (Å²) in [7, 11) is 1.56. The van der Waals surface area contributed by atoms with Gasteiger partial charge in [0.05, 0.1) is 12.7 Å². The van der Waals surface area contributed by atoms with Gasteiger partial charge in [-0.25, -0.2) is 0 Å². The van der Waals surface area contributed by atoms with Crippen LogP contribution in [0, 0.1) is 0 Å². The number of nitrogens with zero attached hydrogens (tertiary/aromatic N) is 1. The molecule has 0 bridgehead atoms. The number of amides is 1. The summed E-state index contributed by atoms with van der Waals surface area (Å²) in [5.74, 6) is 0.138. The highest BCUT2D eigenvalue weighted by Gasteiger charge is 2.38. The number of rotatable bonds is 5. The van der Waals surface area contributed by atoms with E-state index < -0.39 is 17.8 Å². The van der Waals surface area contributed by atoms with E-state index in [4.69, 9.17) is 4.74 Å². The number of carbonyl (C=O) groups excluding carboxylic acids is 1. The van der Waals surface area contributed by atoms with E-state index in [0.717, 1.165) is 11.8 Å². The number of alkyl halides is 3. The number of nitrogens with one attached hydrogen (secondary N) is 3. The Bertz CT molecular complexity index is 929. The minimum absolute atomic E-state index is 0.237. The molecule has 2 aliphatic heterocycles. The van der Waals surface area contributed by atoms with Crippen LogP contribution in [0.4, 0.5) is 24.5 Å². The molecular formula is C21H23F3N4O2. The molecule has 3 N–H and O–H groups in total. The van der Waals surface area contributed by atoms with Crippen molar-refractivity contribution in [3.05, 3.63) is 53.6 Å². The van der Waals surface area contributed by atoms with Crippen LogP contribution in [-0.2, 0) is 11.0 Å². The van der Waals surface area contributed by atoms with Crippen LogP contribution in [0.15, 0.2) is 42.5 Å². The van der Waals surface area contributed by atoms with E-state index in [1.165, 1.54) is 11.0 Å². The Morgan fingerprint density at radius 1 is 1.13 bits per heavy atom. The Morgan fingerprint density at radius 3 is 2.60 bits per heavy atom. The zero-order valence-corrected chi connectivity index (χ0v) is 16.4. The van der Waals surface area contributed by atoms with Gasteiger partial charge in [0.1, 0.15) is 11.8 Å². The summed E-state index contributed by atoms with van der Waals surface area (Å²) in [6.07, 6.45) is -4.00. The number of carbonyl (C=O) groups is 1. The summed E-state index contributed by atoms with van der Waals surface area (Å²) in [6, 6.07) is 10.9. The Hall–Kier alpha value is -2.78. The maximum absolute atomic E-state index is 13.7. The molecule has 2 aromatic carbocycles. The summed E-state index contributed by atoms with van der Waals surface area (Å²) >= 11 is 0. The van der Waals surface area contributed by atoms with Gasteiger partial charge in [0.25, 0.3) is 0 Å². The molecule has 1 atom stereocenters. The first-order valence-electron chi connectivity index (χ1n) is 9.75. The Balaban J connectivity index is 1.56. The highest BCUT2D eigenvalue weighted by Crippen LogP contribution is 2.38.